The maximum atomic E-state index is 12.4. The van der Waals surface area contributed by atoms with Crippen LogP contribution in [0.5, 0.6) is 5.75 Å². The first kappa shape index (κ1) is 17.7. The molecule has 0 spiro atoms. The molecule has 6 heteroatoms. The first-order valence-corrected chi connectivity index (χ1v) is 9.50. The van der Waals surface area contributed by atoms with Crippen LogP contribution in [-0.2, 0) is 13.0 Å². The van der Waals surface area contributed by atoms with Gasteiger partial charge in [-0.1, -0.05) is 35.9 Å². The molecule has 27 heavy (non-hydrogen) atoms. The number of methoxy groups -OCH3 is 1. The predicted octanol–water partition coefficient (Wildman–Crippen LogP) is 4.71. The second-order valence-corrected chi connectivity index (χ2v) is 7.21. The fourth-order valence-electron chi connectivity index (χ4n) is 3.73. The molecule has 2 aromatic carbocycles. The molecular weight excluding hydrogens is 362 g/mol. The molecule has 0 fully saturated rings. The fourth-order valence-corrected chi connectivity index (χ4v) is 3.95. The quantitative estimate of drug-likeness (QED) is 0.611. The van der Waals surface area contributed by atoms with E-state index in [1.807, 2.05) is 36.4 Å². The third-order valence-corrected chi connectivity index (χ3v) is 5.42. The van der Waals surface area contributed by atoms with Gasteiger partial charge in [-0.05, 0) is 48.6 Å². The van der Waals surface area contributed by atoms with E-state index in [9.17, 15) is 4.79 Å². The number of aromatic nitrogens is 1. The molecule has 1 atom stereocenters. The third-order valence-electron chi connectivity index (χ3n) is 5.11. The number of hydrogen-bond donors (Lipinski definition) is 3. The Kier molecular flexibility index (Phi) is 4.94. The van der Waals surface area contributed by atoms with Gasteiger partial charge in [0.05, 0.1) is 23.7 Å². The number of rotatable bonds is 4. The summed E-state index contributed by atoms with van der Waals surface area (Å²) in [4.78, 5) is 15.9. The van der Waals surface area contributed by atoms with Gasteiger partial charge in [-0.2, -0.15) is 0 Å². The lowest BCUT2D eigenvalue weighted by molar-refractivity contribution is 0.235. The number of aromatic amines is 1. The van der Waals surface area contributed by atoms with Gasteiger partial charge in [0.1, 0.15) is 5.75 Å². The number of aryl methyl sites for hydroxylation is 1. The van der Waals surface area contributed by atoms with Gasteiger partial charge in [-0.15, -0.1) is 0 Å². The van der Waals surface area contributed by atoms with E-state index in [2.05, 4.69) is 21.7 Å². The van der Waals surface area contributed by atoms with Crippen molar-refractivity contribution in [1.29, 1.82) is 0 Å². The highest BCUT2D eigenvalue weighted by molar-refractivity contribution is 6.35. The maximum Gasteiger partial charge on any atom is 0.315 e. The zero-order valence-corrected chi connectivity index (χ0v) is 15.9. The van der Waals surface area contributed by atoms with Gasteiger partial charge in [0.25, 0.3) is 0 Å². The lowest BCUT2D eigenvalue weighted by atomic mass is 9.92. The molecule has 0 radical (unpaired) electrons. The molecule has 4 rings (SSSR count). The Morgan fingerprint density at radius 3 is 2.85 bits per heavy atom. The molecule has 1 unspecified atom stereocenters. The SMILES string of the molecule is COc1ccc(CNC(=O)NC2CCCc3c2[nH]c2c(Cl)cccc32)cc1. The minimum Gasteiger partial charge on any atom is -0.497 e. The summed E-state index contributed by atoms with van der Waals surface area (Å²) in [6.07, 6.45) is 2.95. The Morgan fingerprint density at radius 1 is 1.26 bits per heavy atom. The fraction of sp³-hybridized carbons (Fsp3) is 0.286. The number of para-hydroxylation sites is 1. The number of urea groups is 1. The zero-order chi connectivity index (χ0) is 18.8. The van der Waals surface area contributed by atoms with Crippen LogP contribution in [0.3, 0.4) is 0 Å². The maximum absolute atomic E-state index is 12.4. The van der Waals surface area contributed by atoms with Crippen LogP contribution in [0.4, 0.5) is 4.79 Å². The second-order valence-electron chi connectivity index (χ2n) is 6.80. The van der Waals surface area contributed by atoms with Crippen molar-refractivity contribution in [2.75, 3.05) is 7.11 Å². The van der Waals surface area contributed by atoms with E-state index in [4.69, 9.17) is 16.3 Å². The Bertz CT molecular complexity index is 965. The van der Waals surface area contributed by atoms with E-state index in [-0.39, 0.29) is 12.1 Å². The van der Waals surface area contributed by atoms with Crippen LogP contribution >= 0.6 is 11.6 Å². The summed E-state index contributed by atoms with van der Waals surface area (Å²) in [5.41, 5.74) is 4.31. The standard InChI is InChI=1S/C21H22ClN3O2/c1-27-14-10-8-13(9-11-14)12-23-21(26)24-18-7-3-5-16-15-4-2-6-17(22)19(15)25-20(16)18/h2,4,6,8-11,18,25H,3,5,7,12H2,1H3,(H2,23,24,26). The molecule has 0 bridgehead atoms. The number of halogens is 1. The number of ether oxygens (including phenoxy) is 1. The average Bonchev–Trinajstić information content (AvgIpc) is 3.08. The Balaban J connectivity index is 1.45. The summed E-state index contributed by atoms with van der Waals surface area (Å²) in [7, 11) is 1.64. The smallest absolute Gasteiger partial charge is 0.315 e. The van der Waals surface area contributed by atoms with Gasteiger partial charge in [-0.3, -0.25) is 0 Å². The summed E-state index contributed by atoms with van der Waals surface area (Å²) in [6, 6.07) is 13.4. The number of fused-ring (bicyclic) bond motifs is 3. The van der Waals surface area contributed by atoms with Gasteiger partial charge in [0, 0.05) is 17.6 Å². The van der Waals surface area contributed by atoms with Gasteiger partial charge in [-0.25, -0.2) is 4.79 Å². The van der Waals surface area contributed by atoms with Gasteiger partial charge >= 0.3 is 6.03 Å². The first-order valence-electron chi connectivity index (χ1n) is 9.12. The first-order chi connectivity index (χ1) is 13.2. The Morgan fingerprint density at radius 2 is 2.07 bits per heavy atom. The van der Waals surface area contributed by atoms with Crippen LogP contribution in [0.15, 0.2) is 42.5 Å². The van der Waals surface area contributed by atoms with Crippen LogP contribution in [0.2, 0.25) is 5.02 Å². The van der Waals surface area contributed by atoms with Gasteiger partial charge in [0.2, 0.25) is 0 Å². The van der Waals surface area contributed by atoms with Crippen LogP contribution in [0.1, 0.15) is 35.7 Å². The molecule has 0 aliphatic heterocycles. The highest BCUT2D eigenvalue weighted by Crippen LogP contribution is 2.36. The highest BCUT2D eigenvalue weighted by Gasteiger charge is 2.26. The normalized spacial score (nSPS) is 16.0. The Hall–Kier alpha value is -2.66. The highest BCUT2D eigenvalue weighted by atomic mass is 35.5. The van der Waals surface area contributed by atoms with Crippen LogP contribution in [0, 0.1) is 0 Å². The second kappa shape index (κ2) is 7.53. The topological polar surface area (TPSA) is 66.2 Å². The monoisotopic (exact) mass is 383 g/mol. The van der Waals surface area contributed by atoms with E-state index >= 15 is 0 Å². The van der Waals surface area contributed by atoms with Crippen molar-refractivity contribution in [3.8, 4) is 5.75 Å². The number of H-pyrrole nitrogens is 1. The third kappa shape index (κ3) is 3.60. The minimum atomic E-state index is -0.173. The molecule has 5 nitrogen and oxygen atoms in total. The van der Waals surface area contributed by atoms with Crippen molar-refractivity contribution >= 4 is 28.5 Å². The molecule has 3 aromatic rings. The van der Waals surface area contributed by atoms with Crippen molar-refractivity contribution < 1.29 is 9.53 Å². The van der Waals surface area contributed by atoms with Crippen molar-refractivity contribution in [1.82, 2.24) is 15.6 Å². The molecule has 0 saturated carbocycles. The zero-order valence-electron chi connectivity index (χ0n) is 15.1. The van der Waals surface area contributed by atoms with E-state index in [0.29, 0.717) is 11.6 Å². The van der Waals surface area contributed by atoms with Crippen LogP contribution < -0.4 is 15.4 Å². The molecular formula is C21H22ClN3O2. The summed E-state index contributed by atoms with van der Waals surface area (Å²) in [6.45, 7) is 0.466. The van der Waals surface area contributed by atoms with Crippen molar-refractivity contribution in [2.45, 2.75) is 31.8 Å². The average molecular weight is 384 g/mol. The number of benzene rings is 2. The number of carbonyl (C=O) groups is 1. The van der Waals surface area contributed by atoms with Crippen molar-refractivity contribution in [3.63, 3.8) is 0 Å². The summed E-state index contributed by atoms with van der Waals surface area (Å²) < 4.78 is 5.15. The molecule has 140 valence electrons. The largest absolute Gasteiger partial charge is 0.497 e. The molecule has 2 amide bonds. The van der Waals surface area contributed by atoms with E-state index < -0.39 is 0 Å². The van der Waals surface area contributed by atoms with Crippen LogP contribution in [-0.4, -0.2) is 18.1 Å². The van der Waals surface area contributed by atoms with E-state index in [1.165, 1.54) is 5.56 Å². The van der Waals surface area contributed by atoms with E-state index in [1.54, 1.807) is 7.11 Å². The summed E-state index contributed by atoms with van der Waals surface area (Å²) in [5, 5.41) is 7.90. The number of nitrogens with one attached hydrogen (secondary N) is 3. The molecule has 3 N–H and O–H groups in total. The number of amides is 2. The molecule has 1 aliphatic rings. The van der Waals surface area contributed by atoms with Crippen molar-refractivity contribution in [3.05, 3.63) is 64.3 Å². The molecule has 0 saturated heterocycles. The van der Waals surface area contributed by atoms with Crippen molar-refractivity contribution in [2.24, 2.45) is 0 Å². The lowest BCUT2D eigenvalue weighted by Gasteiger charge is -2.24. The van der Waals surface area contributed by atoms with Gasteiger partial charge < -0.3 is 20.4 Å². The summed E-state index contributed by atoms with van der Waals surface area (Å²) in [5.74, 6) is 0.801. The molecule has 1 aliphatic carbocycles. The lowest BCUT2D eigenvalue weighted by Crippen LogP contribution is -2.38. The minimum absolute atomic E-state index is 0.0342. The Labute approximate surface area is 163 Å². The van der Waals surface area contributed by atoms with Crippen LogP contribution in [0.25, 0.3) is 10.9 Å². The van der Waals surface area contributed by atoms with Gasteiger partial charge in [0.15, 0.2) is 0 Å². The number of hydrogen-bond acceptors (Lipinski definition) is 2. The number of carbonyl (C=O) groups excluding carboxylic acids is 1. The van der Waals surface area contributed by atoms with E-state index in [0.717, 1.165) is 47.2 Å². The molecule has 1 aromatic heterocycles. The molecule has 1 heterocycles. The summed E-state index contributed by atoms with van der Waals surface area (Å²) >= 11 is 6.33. The predicted molar refractivity (Wildman–Crippen MR) is 107 cm³/mol.